The molecule has 0 fully saturated rings. The van der Waals surface area contributed by atoms with Gasteiger partial charge in [-0.05, 0) is 18.1 Å². The number of allylic oxidation sites excluding steroid dienone is 5. The molecule has 1 N–H and O–H groups in total. The van der Waals surface area contributed by atoms with Crippen LogP contribution in [-0.4, -0.2) is 24.1 Å². The summed E-state index contributed by atoms with van der Waals surface area (Å²) in [5.74, 6) is 0.355. The van der Waals surface area contributed by atoms with E-state index in [2.05, 4.69) is 13.0 Å². The monoisotopic (exact) mass is 179 g/mol. The van der Waals surface area contributed by atoms with E-state index in [1.165, 1.54) is 5.57 Å². The Labute approximate surface area is 79.9 Å². The van der Waals surface area contributed by atoms with Crippen LogP contribution in [0, 0.1) is 0 Å². The van der Waals surface area contributed by atoms with Crippen molar-refractivity contribution >= 4 is 0 Å². The summed E-state index contributed by atoms with van der Waals surface area (Å²) >= 11 is 0. The third-order valence-corrected chi connectivity index (χ3v) is 2.09. The highest BCUT2D eigenvalue weighted by atomic mass is 16.3. The first-order chi connectivity index (χ1) is 6.16. The predicted octanol–water partition coefficient (Wildman–Crippen LogP) is 2.61. The first kappa shape index (κ1) is 9.90. The van der Waals surface area contributed by atoms with Crippen LogP contribution in [0.1, 0.15) is 19.8 Å². The lowest BCUT2D eigenvalue weighted by molar-refractivity contribution is 0.260. The van der Waals surface area contributed by atoms with Gasteiger partial charge in [-0.15, -0.1) is 0 Å². The highest BCUT2D eigenvalue weighted by Crippen LogP contribution is 2.25. The Kier molecular flexibility index (Phi) is 3.18. The highest BCUT2D eigenvalue weighted by molar-refractivity contribution is 5.49. The van der Waals surface area contributed by atoms with Crippen LogP contribution in [-0.2, 0) is 0 Å². The molecular formula is C11H17NO. The summed E-state index contributed by atoms with van der Waals surface area (Å²) < 4.78 is 0. The van der Waals surface area contributed by atoms with Gasteiger partial charge in [0.2, 0.25) is 0 Å². The zero-order valence-electron chi connectivity index (χ0n) is 8.54. The molecule has 0 saturated heterocycles. The summed E-state index contributed by atoms with van der Waals surface area (Å²) in [5, 5.41) is 9.74. The fraction of sp³-hybridized carbons (Fsp3) is 0.455. The van der Waals surface area contributed by atoms with Crippen LogP contribution in [0.2, 0.25) is 0 Å². The van der Waals surface area contributed by atoms with Gasteiger partial charge in [-0.2, -0.15) is 0 Å². The van der Waals surface area contributed by atoms with Gasteiger partial charge in [-0.25, -0.2) is 0 Å². The molecular weight excluding hydrogens is 162 g/mol. The Hall–Kier alpha value is -1.18. The van der Waals surface area contributed by atoms with Gasteiger partial charge in [0.05, 0.1) is 0 Å². The first-order valence-electron chi connectivity index (χ1n) is 4.65. The molecule has 0 aromatic rings. The van der Waals surface area contributed by atoms with Crippen molar-refractivity contribution in [3.8, 4) is 0 Å². The second-order valence-electron chi connectivity index (χ2n) is 3.43. The van der Waals surface area contributed by atoms with E-state index in [0.29, 0.717) is 5.88 Å². The predicted molar refractivity (Wildman–Crippen MR) is 55.5 cm³/mol. The SMILES string of the molecule is CCCC1=CC=C/C1=C(/O)N(C)C. The van der Waals surface area contributed by atoms with Crippen molar-refractivity contribution in [3.63, 3.8) is 0 Å². The molecule has 13 heavy (non-hydrogen) atoms. The van der Waals surface area contributed by atoms with Gasteiger partial charge in [-0.1, -0.05) is 25.5 Å². The summed E-state index contributed by atoms with van der Waals surface area (Å²) in [4.78, 5) is 1.73. The third kappa shape index (κ3) is 2.14. The Morgan fingerprint density at radius 2 is 2.15 bits per heavy atom. The summed E-state index contributed by atoms with van der Waals surface area (Å²) in [7, 11) is 3.69. The van der Waals surface area contributed by atoms with Crippen LogP contribution >= 0.6 is 0 Å². The fourth-order valence-electron chi connectivity index (χ4n) is 1.40. The minimum Gasteiger partial charge on any atom is -0.494 e. The molecule has 2 heteroatoms. The average Bonchev–Trinajstić information content (AvgIpc) is 2.52. The Morgan fingerprint density at radius 1 is 1.46 bits per heavy atom. The normalized spacial score (nSPS) is 18.8. The molecule has 0 aromatic heterocycles. The summed E-state index contributed by atoms with van der Waals surface area (Å²) in [6.45, 7) is 2.14. The molecule has 0 atom stereocenters. The average molecular weight is 179 g/mol. The van der Waals surface area contributed by atoms with Gasteiger partial charge in [0.15, 0.2) is 5.88 Å². The standard InChI is InChI=1S/C11H17NO/c1-4-6-9-7-5-8-10(9)11(13)12(2)3/h5,7-8,13H,4,6H2,1-3H3/b11-10-. The molecule has 72 valence electrons. The number of rotatable bonds is 3. The maximum absolute atomic E-state index is 9.74. The van der Waals surface area contributed by atoms with Crippen molar-refractivity contribution in [1.82, 2.24) is 4.90 Å². The van der Waals surface area contributed by atoms with E-state index in [1.807, 2.05) is 26.2 Å². The molecule has 2 nitrogen and oxygen atoms in total. The van der Waals surface area contributed by atoms with Crippen LogP contribution in [0.25, 0.3) is 0 Å². The van der Waals surface area contributed by atoms with Crippen molar-refractivity contribution < 1.29 is 5.11 Å². The Balaban J connectivity index is 2.87. The van der Waals surface area contributed by atoms with E-state index in [0.717, 1.165) is 18.4 Å². The fourth-order valence-corrected chi connectivity index (χ4v) is 1.40. The van der Waals surface area contributed by atoms with Crippen LogP contribution in [0.4, 0.5) is 0 Å². The number of nitrogens with zero attached hydrogens (tertiary/aromatic N) is 1. The molecule has 0 radical (unpaired) electrons. The zero-order valence-corrected chi connectivity index (χ0v) is 8.54. The van der Waals surface area contributed by atoms with E-state index in [4.69, 9.17) is 0 Å². The highest BCUT2D eigenvalue weighted by Gasteiger charge is 2.12. The summed E-state index contributed by atoms with van der Waals surface area (Å²) in [5.41, 5.74) is 2.19. The van der Waals surface area contributed by atoms with Gasteiger partial charge in [0.1, 0.15) is 0 Å². The largest absolute Gasteiger partial charge is 0.494 e. The van der Waals surface area contributed by atoms with Crippen molar-refractivity contribution in [2.75, 3.05) is 14.1 Å². The van der Waals surface area contributed by atoms with E-state index in [1.54, 1.807) is 4.90 Å². The van der Waals surface area contributed by atoms with Gasteiger partial charge in [-0.3, -0.25) is 0 Å². The van der Waals surface area contributed by atoms with E-state index >= 15 is 0 Å². The van der Waals surface area contributed by atoms with Crippen LogP contribution in [0.5, 0.6) is 0 Å². The van der Waals surface area contributed by atoms with Gasteiger partial charge < -0.3 is 10.0 Å². The summed E-state index contributed by atoms with van der Waals surface area (Å²) in [6.07, 6.45) is 8.15. The first-order valence-corrected chi connectivity index (χ1v) is 4.65. The van der Waals surface area contributed by atoms with Crippen molar-refractivity contribution in [2.45, 2.75) is 19.8 Å². The Morgan fingerprint density at radius 3 is 2.69 bits per heavy atom. The molecule has 0 aliphatic heterocycles. The number of aliphatic hydroxyl groups is 1. The molecule has 0 spiro atoms. The number of hydrogen-bond donors (Lipinski definition) is 1. The van der Waals surface area contributed by atoms with Crippen molar-refractivity contribution in [1.29, 1.82) is 0 Å². The zero-order chi connectivity index (χ0) is 9.84. The topological polar surface area (TPSA) is 23.5 Å². The summed E-state index contributed by atoms with van der Waals surface area (Å²) in [6, 6.07) is 0. The van der Waals surface area contributed by atoms with Crippen LogP contribution in [0.3, 0.4) is 0 Å². The third-order valence-electron chi connectivity index (χ3n) is 2.09. The molecule has 0 saturated carbocycles. The second-order valence-corrected chi connectivity index (χ2v) is 3.43. The number of hydrogen-bond acceptors (Lipinski definition) is 2. The van der Waals surface area contributed by atoms with Gasteiger partial charge >= 0.3 is 0 Å². The molecule has 1 rings (SSSR count). The van der Waals surface area contributed by atoms with Gasteiger partial charge in [0.25, 0.3) is 0 Å². The Bertz CT molecular complexity index is 272. The molecule has 0 aromatic carbocycles. The molecule has 0 amide bonds. The minimum absolute atomic E-state index is 0.355. The minimum atomic E-state index is 0.355. The second kappa shape index (κ2) is 4.17. The lowest BCUT2D eigenvalue weighted by Gasteiger charge is -2.14. The van der Waals surface area contributed by atoms with Gasteiger partial charge in [0, 0.05) is 19.7 Å². The van der Waals surface area contributed by atoms with Crippen molar-refractivity contribution in [3.05, 3.63) is 35.3 Å². The quantitative estimate of drug-likeness (QED) is 0.673. The molecule has 0 unspecified atom stereocenters. The number of aliphatic hydroxyl groups excluding tert-OH is 1. The van der Waals surface area contributed by atoms with Crippen molar-refractivity contribution in [2.24, 2.45) is 0 Å². The molecule has 1 aliphatic carbocycles. The van der Waals surface area contributed by atoms with E-state index < -0.39 is 0 Å². The van der Waals surface area contributed by atoms with Crippen LogP contribution in [0.15, 0.2) is 35.3 Å². The molecule has 0 heterocycles. The van der Waals surface area contributed by atoms with E-state index in [9.17, 15) is 5.11 Å². The maximum atomic E-state index is 9.74. The smallest absolute Gasteiger partial charge is 0.194 e. The lowest BCUT2D eigenvalue weighted by Crippen LogP contribution is -2.12. The lowest BCUT2D eigenvalue weighted by atomic mass is 10.1. The maximum Gasteiger partial charge on any atom is 0.194 e. The van der Waals surface area contributed by atoms with Crippen LogP contribution < -0.4 is 0 Å². The van der Waals surface area contributed by atoms with E-state index in [-0.39, 0.29) is 0 Å². The molecule has 0 bridgehead atoms. The molecule has 1 aliphatic rings.